The number of carbonyl (C=O) groups is 2. The van der Waals surface area contributed by atoms with Crippen LogP contribution in [0.2, 0.25) is 0 Å². The number of amides is 1. The van der Waals surface area contributed by atoms with Gasteiger partial charge in [-0.2, -0.15) is 0 Å². The van der Waals surface area contributed by atoms with Gasteiger partial charge in [0.05, 0.1) is 13.2 Å². The fraction of sp³-hybridized carbons (Fsp3) is 0.444. The van der Waals surface area contributed by atoms with E-state index in [0.29, 0.717) is 13.0 Å². The number of ether oxygens (including phenoxy) is 1. The Morgan fingerprint density at radius 1 is 1.43 bits per heavy atom. The van der Waals surface area contributed by atoms with Crippen molar-refractivity contribution < 1.29 is 14.3 Å². The molecule has 1 aromatic carbocycles. The van der Waals surface area contributed by atoms with Crippen molar-refractivity contribution in [2.24, 2.45) is 11.8 Å². The molecule has 3 rings (SSSR count). The number of H-pyrrole nitrogens is 1. The zero-order valence-corrected chi connectivity index (χ0v) is 13.5. The first-order chi connectivity index (χ1) is 11.2. The number of rotatable bonds is 4. The second-order valence-electron chi connectivity index (χ2n) is 6.27. The first kappa shape index (κ1) is 15.6. The third-order valence-electron chi connectivity index (χ3n) is 5.09. The van der Waals surface area contributed by atoms with Crippen molar-refractivity contribution in [2.75, 3.05) is 13.7 Å². The maximum Gasteiger partial charge on any atom is 0.305 e. The monoisotopic (exact) mass is 314 g/mol. The zero-order valence-electron chi connectivity index (χ0n) is 13.5. The molecule has 1 saturated heterocycles. The van der Waals surface area contributed by atoms with E-state index in [0.717, 1.165) is 29.3 Å². The number of aromatic nitrogens is 1. The van der Waals surface area contributed by atoms with Gasteiger partial charge in [-0.05, 0) is 24.3 Å². The quantitative estimate of drug-likeness (QED) is 0.697. The van der Waals surface area contributed by atoms with Gasteiger partial charge in [-0.1, -0.05) is 25.1 Å². The molecule has 2 aromatic rings. The Labute approximate surface area is 135 Å². The van der Waals surface area contributed by atoms with Gasteiger partial charge in [-0.15, -0.1) is 0 Å². The highest BCUT2D eigenvalue weighted by Gasteiger charge is 2.37. The molecule has 1 aliphatic heterocycles. The Hall–Kier alpha value is -2.30. The maximum atomic E-state index is 11.7. The third-order valence-corrected chi connectivity index (χ3v) is 5.09. The Morgan fingerprint density at radius 3 is 2.96 bits per heavy atom. The van der Waals surface area contributed by atoms with Crippen LogP contribution in [0.25, 0.3) is 10.9 Å². The largest absolute Gasteiger partial charge is 0.469 e. The van der Waals surface area contributed by atoms with E-state index in [4.69, 9.17) is 4.74 Å². The molecule has 0 radical (unpaired) electrons. The Balaban J connectivity index is 1.95. The van der Waals surface area contributed by atoms with Gasteiger partial charge in [0.25, 0.3) is 0 Å². The number of likely N-dealkylation sites (tertiary alicyclic amines) is 1. The average Bonchev–Trinajstić information content (AvgIpc) is 3.00. The topological polar surface area (TPSA) is 62.4 Å². The number of methoxy groups -OCH3 is 1. The third kappa shape index (κ3) is 2.83. The van der Waals surface area contributed by atoms with E-state index in [-0.39, 0.29) is 23.8 Å². The average molecular weight is 314 g/mol. The van der Waals surface area contributed by atoms with Gasteiger partial charge in [-0.3, -0.25) is 9.59 Å². The van der Waals surface area contributed by atoms with Gasteiger partial charge in [0, 0.05) is 35.6 Å². The molecule has 0 unspecified atom stereocenters. The van der Waals surface area contributed by atoms with Crippen molar-refractivity contribution in [3.05, 3.63) is 36.0 Å². The fourth-order valence-electron chi connectivity index (χ4n) is 3.78. The standard InChI is InChI=1S/C18H22N2O3/c1-12-13(9-17(22)23-2)7-8-20(11-21)18(12)15-10-19-16-6-4-3-5-14(15)16/h3-6,10-13,18-19H,7-9H2,1-2H3/t12-,13+,18-/m0/s1. The second kappa shape index (κ2) is 6.44. The van der Waals surface area contributed by atoms with Crippen LogP contribution in [0.5, 0.6) is 0 Å². The fourth-order valence-corrected chi connectivity index (χ4v) is 3.78. The van der Waals surface area contributed by atoms with Gasteiger partial charge < -0.3 is 14.6 Å². The summed E-state index contributed by atoms with van der Waals surface area (Å²) in [5.74, 6) is 0.226. The molecular weight excluding hydrogens is 292 g/mol. The van der Waals surface area contributed by atoms with Crippen LogP contribution in [0.15, 0.2) is 30.5 Å². The van der Waals surface area contributed by atoms with Crippen molar-refractivity contribution in [1.29, 1.82) is 0 Å². The molecule has 2 heterocycles. The van der Waals surface area contributed by atoms with Gasteiger partial charge in [0.15, 0.2) is 0 Å². The number of aromatic amines is 1. The summed E-state index contributed by atoms with van der Waals surface area (Å²) in [6, 6.07) is 8.08. The minimum Gasteiger partial charge on any atom is -0.469 e. The predicted octanol–water partition coefficient (Wildman–Crippen LogP) is 2.89. The molecule has 122 valence electrons. The SMILES string of the molecule is COC(=O)C[C@H]1CCN(C=O)[C@H](c2c[nH]c3ccccc23)[C@H]1C. The molecule has 0 bridgehead atoms. The highest BCUT2D eigenvalue weighted by Crippen LogP contribution is 2.42. The minimum atomic E-state index is -0.181. The van der Waals surface area contributed by atoms with Gasteiger partial charge in [-0.25, -0.2) is 0 Å². The number of nitrogens with zero attached hydrogens (tertiary/aromatic N) is 1. The van der Waals surface area contributed by atoms with E-state index in [2.05, 4.69) is 18.0 Å². The molecule has 5 heteroatoms. The highest BCUT2D eigenvalue weighted by atomic mass is 16.5. The molecule has 1 amide bonds. The van der Waals surface area contributed by atoms with E-state index in [1.165, 1.54) is 7.11 Å². The Bertz CT molecular complexity index is 709. The first-order valence-electron chi connectivity index (χ1n) is 7.99. The lowest BCUT2D eigenvalue weighted by Crippen LogP contribution is -2.42. The molecule has 1 N–H and O–H groups in total. The summed E-state index contributed by atoms with van der Waals surface area (Å²) in [4.78, 5) is 28.4. The number of para-hydroxylation sites is 1. The van der Waals surface area contributed by atoms with E-state index in [1.54, 1.807) is 0 Å². The van der Waals surface area contributed by atoms with Crippen molar-refractivity contribution in [1.82, 2.24) is 9.88 Å². The van der Waals surface area contributed by atoms with Crippen LogP contribution in [0.1, 0.15) is 31.4 Å². The molecule has 1 fully saturated rings. The summed E-state index contributed by atoms with van der Waals surface area (Å²) in [5.41, 5.74) is 2.19. The molecular formula is C18H22N2O3. The Morgan fingerprint density at radius 2 is 2.22 bits per heavy atom. The lowest BCUT2D eigenvalue weighted by molar-refractivity contribution is -0.143. The van der Waals surface area contributed by atoms with Gasteiger partial charge >= 0.3 is 5.97 Å². The lowest BCUT2D eigenvalue weighted by atomic mass is 9.76. The van der Waals surface area contributed by atoms with Crippen molar-refractivity contribution >= 4 is 23.3 Å². The summed E-state index contributed by atoms with van der Waals surface area (Å²) in [5, 5.41) is 1.13. The van der Waals surface area contributed by atoms with Crippen LogP contribution in [0.3, 0.4) is 0 Å². The zero-order chi connectivity index (χ0) is 16.4. The van der Waals surface area contributed by atoms with E-state index in [9.17, 15) is 9.59 Å². The number of hydrogen-bond donors (Lipinski definition) is 1. The lowest BCUT2D eigenvalue weighted by Gasteiger charge is -2.42. The number of fused-ring (bicyclic) bond motifs is 1. The summed E-state index contributed by atoms with van der Waals surface area (Å²) >= 11 is 0. The molecule has 0 aliphatic carbocycles. The molecule has 23 heavy (non-hydrogen) atoms. The number of benzene rings is 1. The van der Waals surface area contributed by atoms with E-state index in [1.807, 2.05) is 29.3 Å². The number of piperidine rings is 1. The molecule has 0 spiro atoms. The van der Waals surface area contributed by atoms with Crippen LogP contribution in [0, 0.1) is 11.8 Å². The number of carbonyl (C=O) groups excluding carboxylic acids is 2. The minimum absolute atomic E-state index is 0.0212. The first-order valence-corrected chi connectivity index (χ1v) is 7.99. The molecule has 5 nitrogen and oxygen atoms in total. The summed E-state index contributed by atoms with van der Waals surface area (Å²) in [6.07, 6.45) is 4.15. The Kier molecular flexibility index (Phi) is 4.37. The van der Waals surface area contributed by atoms with Crippen LogP contribution in [-0.2, 0) is 14.3 Å². The van der Waals surface area contributed by atoms with Crippen LogP contribution in [-0.4, -0.2) is 35.9 Å². The van der Waals surface area contributed by atoms with Gasteiger partial charge in [0.2, 0.25) is 6.41 Å². The summed E-state index contributed by atoms with van der Waals surface area (Å²) in [7, 11) is 1.42. The number of nitrogens with one attached hydrogen (secondary N) is 1. The number of esters is 1. The summed E-state index contributed by atoms with van der Waals surface area (Å²) < 4.78 is 4.82. The van der Waals surface area contributed by atoms with Crippen molar-refractivity contribution in [2.45, 2.75) is 25.8 Å². The summed E-state index contributed by atoms with van der Waals surface area (Å²) in [6.45, 7) is 2.79. The van der Waals surface area contributed by atoms with E-state index < -0.39 is 0 Å². The normalized spacial score (nSPS) is 24.6. The van der Waals surface area contributed by atoms with Crippen molar-refractivity contribution in [3.63, 3.8) is 0 Å². The maximum absolute atomic E-state index is 11.7. The predicted molar refractivity (Wildman–Crippen MR) is 87.7 cm³/mol. The number of hydrogen-bond acceptors (Lipinski definition) is 3. The van der Waals surface area contributed by atoms with E-state index >= 15 is 0 Å². The smallest absolute Gasteiger partial charge is 0.305 e. The molecule has 3 atom stereocenters. The van der Waals surface area contributed by atoms with Crippen LogP contribution in [0.4, 0.5) is 0 Å². The van der Waals surface area contributed by atoms with Crippen molar-refractivity contribution in [3.8, 4) is 0 Å². The molecule has 0 saturated carbocycles. The second-order valence-corrected chi connectivity index (χ2v) is 6.27. The van der Waals surface area contributed by atoms with Crippen LogP contribution < -0.4 is 0 Å². The molecule has 1 aromatic heterocycles. The van der Waals surface area contributed by atoms with Gasteiger partial charge in [0.1, 0.15) is 0 Å². The van der Waals surface area contributed by atoms with Crippen LogP contribution >= 0.6 is 0 Å². The highest BCUT2D eigenvalue weighted by molar-refractivity contribution is 5.84. The molecule has 1 aliphatic rings.